The first-order chi connectivity index (χ1) is 16.0. The van der Waals surface area contributed by atoms with Crippen molar-refractivity contribution in [3.05, 3.63) is 78.4 Å². The highest BCUT2D eigenvalue weighted by Crippen LogP contribution is 2.23. The maximum atomic E-state index is 12.9. The minimum absolute atomic E-state index is 0.310. The van der Waals surface area contributed by atoms with Gasteiger partial charge in [0.05, 0.1) is 0 Å². The first kappa shape index (κ1) is 24.3. The highest BCUT2D eigenvalue weighted by molar-refractivity contribution is 7.98. The fraction of sp³-hybridized carbons (Fsp3) is 0.269. The largest absolute Gasteiger partial charge is 0.451 e. The van der Waals surface area contributed by atoms with Crippen LogP contribution in [-0.2, 0) is 14.3 Å². The van der Waals surface area contributed by atoms with E-state index in [4.69, 9.17) is 4.74 Å². The third-order valence-electron chi connectivity index (χ3n) is 5.21. The quantitative estimate of drug-likeness (QED) is 0.427. The van der Waals surface area contributed by atoms with Crippen LogP contribution in [0.4, 0.5) is 5.69 Å². The number of fused-ring (bicyclic) bond motifs is 1. The molecule has 6 nitrogen and oxygen atoms in total. The molecule has 33 heavy (non-hydrogen) atoms. The van der Waals surface area contributed by atoms with Gasteiger partial charge in [-0.3, -0.25) is 9.59 Å². The number of hydrogen-bond donors (Lipinski definition) is 2. The monoisotopic (exact) mass is 464 g/mol. The molecule has 7 heteroatoms. The summed E-state index contributed by atoms with van der Waals surface area (Å²) in [5.41, 5.74) is 1.11. The lowest BCUT2D eigenvalue weighted by Crippen LogP contribution is -2.45. The van der Waals surface area contributed by atoms with Gasteiger partial charge < -0.3 is 15.4 Å². The average Bonchev–Trinajstić information content (AvgIpc) is 2.85. The summed E-state index contributed by atoms with van der Waals surface area (Å²) in [5, 5.41) is 7.54. The minimum Gasteiger partial charge on any atom is -0.451 e. The van der Waals surface area contributed by atoms with Crippen LogP contribution < -0.4 is 10.6 Å². The van der Waals surface area contributed by atoms with Crippen LogP contribution in [0, 0.1) is 0 Å². The van der Waals surface area contributed by atoms with E-state index in [1.165, 1.54) is 0 Å². The number of rotatable bonds is 10. The number of thioether (sulfide) groups is 1. The van der Waals surface area contributed by atoms with Gasteiger partial charge in [0.15, 0.2) is 6.10 Å². The van der Waals surface area contributed by atoms with E-state index in [2.05, 4.69) is 10.6 Å². The van der Waals surface area contributed by atoms with Crippen LogP contribution in [-0.4, -0.2) is 41.9 Å². The topological polar surface area (TPSA) is 84.5 Å². The predicted octanol–water partition coefficient (Wildman–Crippen LogP) is 4.65. The minimum atomic E-state index is -0.970. The van der Waals surface area contributed by atoms with Crippen molar-refractivity contribution in [1.29, 1.82) is 0 Å². The Labute approximate surface area is 198 Å². The van der Waals surface area contributed by atoms with Crippen LogP contribution in [0.1, 0.15) is 30.1 Å². The third-order valence-corrected chi connectivity index (χ3v) is 5.85. The van der Waals surface area contributed by atoms with E-state index in [1.54, 1.807) is 43.0 Å². The second kappa shape index (κ2) is 12.1. The van der Waals surface area contributed by atoms with Gasteiger partial charge in [0.25, 0.3) is 11.8 Å². The maximum Gasteiger partial charge on any atom is 0.329 e. The molecular formula is C26H28N2O4S. The summed E-state index contributed by atoms with van der Waals surface area (Å²) in [6.07, 6.45) is 1.67. The molecule has 2 amide bonds. The van der Waals surface area contributed by atoms with E-state index in [0.717, 1.165) is 10.8 Å². The number of amides is 2. The summed E-state index contributed by atoms with van der Waals surface area (Å²) in [7, 11) is 0. The van der Waals surface area contributed by atoms with Gasteiger partial charge in [-0.1, -0.05) is 61.5 Å². The van der Waals surface area contributed by atoms with Crippen molar-refractivity contribution in [2.45, 2.75) is 31.9 Å². The molecule has 0 aliphatic carbocycles. The summed E-state index contributed by atoms with van der Waals surface area (Å²) in [5.74, 6) is -0.714. The fourth-order valence-electron chi connectivity index (χ4n) is 3.41. The van der Waals surface area contributed by atoms with Gasteiger partial charge in [0.2, 0.25) is 0 Å². The van der Waals surface area contributed by atoms with Crippen molar-refractivity contribution in [3.63, 3.8) is 0 Å². The number of anilines is 1. The zero-order valence-corrected chi connectivity index (χ0v) is 19.6. The summed E-state index contributed by atoms with van der Waals surface area (Å²) < 4.78 is 5.57. The first-order valence-electron chi connectivity index (χ1n) is 10.9. The number of carbonyl (C=O) groups excluding carboxylic acids is 3. The van der Waals surface area contributed by atoms with Crippen LogP contribution in [0.3, 0.4) is 0 Å². The molecule has 3 aromatic rings. The lowest BCUT2D eigenvalue weighted by molar-refractivity contribution is -0.156. The average molecular weight is 465 g/mol. The summed E-state index contributed by atoms with van der Waals surface area (Å²) in [6, 6.07) is 21.2. The van der Waals surface area contributed by atoms with E-state index in [-0.39, 0.29) is 5.91 Å². The Hall–Kier alpha value is -3.32. The number of esters is 1. The highest BCUT2D eigenvalue weighted by Gasteiger charge is 2.28. The number of ether oxygens (including phenoxy) is 1. The molecule has 0 saturated heterocycles. The molecule has 0 bridgehead atoms. The maximum absolute atomic E-state index is 12.9. The molecule has 0 saturated carbocycles. The van der Waals surface area contributed by atoms with Crippen LogP contribution >= 0.6 is 11.8 Å². The molecule has 3 rings (SSSR count). The van der Waals surface area contributed by atoms with Crippen molar-refractivity contribution in [2.24, 2.45) is 0 Å². The molecule has 3 aromatic carbocycles. The third kappa shape index (κ3) is 6.58. The van der Waals surface area contributed by atoms with Gasteiger partial charge in [0, 0.05) is 16.6 Å². The lowest BCUT2D eigenvalue weighted by atomic mass is 10.1. The Morgan fingerprint density at radius 1 is 0.939 bits per heavy atom. The predicted molar refractivity (Wildman–Crippen MR) is 133 cm³/mol. The van der Waals surface area contributed by atoms with Gasteiger partial charge in [-0.25, -0.2) is 4.79 Å². The molecule has 0 aliphatic rings. The number of hydrogen-bond acceptors (Lipinski definition) is 5. The second-order valence-corrected chi connectivity index (χ2v) is 8.51. The van der Waals surface area contributed by atoms with Crippen LogP contribution in [0.5, 0.6) is 0 Å². The van der Waals surface area contributed by atoms with Gasteiger partial charge in [-0.15, -0.1) is 0 Å². The zero-order valence-electron chi connectivity index (χ0n) is 18.7. The second-order valence-electron chi connectivity index (χ2n) is 7.52. The van der Waals surface area contributed by atoms with E-state index in [1.807, 2.05) is 54.8 Å². The van der Waals surface area contributed by atoms with E-state index < -0.39 is 24.0 Å². The molecule has 0 fully saturated rings. The normalized spacial score (nSPS) is 12.5. The number of benzene rings is 3. The fourth-order valence-corrected chi connectivity index (χ4v) is 3.88. The Morgan fingerprint density at radius 3 is 2.36 bits per heavy atom. The van der Waals surface area contributed by atoms with E-state index >= 15 is 0 Å². The SMILES string of the molecule is CC[C@H](OC(=O)[C@@H](CCSC)NC(=O)c1ccccc1)C(=O)Nc1cccc2ccccc12. The molecule has 0 spiro atoms. The molecular weight excluding hydrogens is 436 g/mol. The number of carbonyl (C=O) groups is 3. The van der Waals surface area contributed by atoms with Crippen LogP contribution in [0.2, 0.25) is 0 Å². The van der Waals surface area contributed by atoms with Crippen molar-refractivity contribution in [2.75, 3.05) is 17.3 Å². The number of nitrogens with one attached hydrogen (secondary N) is 2. The Bertz CT molecular complexity index is 1100. The van der Waals surface area contributed by atoms with Crippen molar-refractivity contribution >= 4 is 46.0 Å². The van der Waals surface area contributed by atoms with E-state index in [9.17, 15) is 14.4 Å². The molecule has 0 heterocycles. The van der Waals surface area contributed by atoms with Crippen LogP contribution in [0.15, 0.2) is 72.8 Å². The van der Waals surface area contributed by atoms with Crippen molar-refractivity contribution in [1.82, 2.24) is 5.32 Å². The lowest BCUT2D eigenvalue weighted by Gasteiger charge is -2.22. The van der Waals surface area contributed by atoms with E-state index in [0.29, 0.717) is 29.8 Å². The molecule has 0 aliphatic heterocycles. The first-order valence-corrected chi connectivity index (χ1v) is 12.3. The summed E-state index contributed by atoms with van der Waals surface area (Å²) in [6.45, 7) is 1.78. The molecule has 2 atom stereocenters. The Balaban J connectivity index is 1.69. The van der Waals surface area contributed by atoms with Gasteiger partial charge in [0.1, 0.15) is 6.04 Å². The van der Waals surface area contributed by atoms with Gasteiger partial charge in [-0.2, -0.15) is 11.8 Å². The molecule has 172 valence electrons. The molecule has 2 N–H and O–H groups in total. The Morgan fingerprint density at radius 2 is 1.64 bits per heavy atom. The van der Waals surface area contributed by atoms with Crippen LogP contribution in [0.25, 0.3) is 10.8 Å². The van der Waals surface area contributed by atoms with Gasteiger partial charge >= 0.3 is 5.97 Å². The van der Waals surface area contributed by atoms with Gasteiger partial charge in [-0.05, 0) is 48.4 Å². The summed E-state index contributed by atoms with van der Waals surface area (Å²) in [4.78, 5) is 38.4. The standard InChI is InChI=1S/C26H28N2O4S/c1-3-23(25(30)27-21-15-9-13-18-10-7-8-14-20(18)21)32-26(31)22(16-17-33-2)28-24(29)19-11-5-4-6-12-19/h4-15,22-23H,3,16-17H2,1-2H3,(H,27,30)(H,28,29)/t22-,23+/m1/s1. The van der Waals surface area contributed by atoms with Crippen molar-refractivity contribution in [3.8, 4) is 0 Å². The molecule has 0 unspecified atom stereocenters. The Kier molecular flexibility index (Phi) is 8.89. The smallest absolute Gasteiger partial charge is 0.329 e. The zero-order chi connectivity index (χ0) is 23.6. The highest BCUT2D eigenvalue weighted by atomic mass is 32.2. The molecule has 0 radical (unpaired) electrons. The summed E-state index contributed by atoms with van der Waals surface area (Å²) >= 11 is 1.57. The van der Waals surface area contributed by atoms with Crippen molar-refractivity contribution < 1.29 is 19.1 Å². The molecule has 0 aromatic heterocycles.